The van der Waals surface area contributed by atoms with E-state index in [9.17, 15) is 4.79 Å². The van der Waals surface area contributed by atoms with Gasteiger partial charge in [0.15, 0.2) is 5.13 Å². The van der Waals surface area contributed by atoms with E-state index in [1.54, 1.807) is 12.1 Å². The molecule has 0 saturated heterocycles. The number of hydrogen-bond acceptors (Lipinski definition) is 5. The van der Waals surface area contributed by atoms with Gasteiger partial charge in [0.1, 0.15) is 0 Å². The van der Waals surface area contributed by atoms with Gasteiger partial charge in [0.2, 0.25) is 5.91 Å². The fourth-order valence-electron chi connectivity index (χ4n) is 1.61. The molecule has 0 fully saturated rings. The molecule has 0 aliphatic heterocycles. The van der Waals surface area contributed by atoms with Gasteiger partial charge in [0, 0.05) is 0 Å². The predicted octanol–water partition coefficient (Wildman–Crippen LogP) is 4.38. The minimum atomic E-state index is -0.180. The lowest BCUT2D eigenvalue weighted by molar-refractivity contribution is -0.113. The molecule has 112 valence electrons. The van der Waals surface area contributed by atoms with Crippen LogP contribution in [0.1, 0.15) is 11.3 Å². The summed E-state index contributed by atoms with van der Waals surface area (Å²) in [6.45, 7) is 3.72. The van der Waals surface area contributed by atoms with Gasteiger partial charge in [-0.1, -0.05) is 40.6 Å². The Morgan fingerprint density at radius 1 is 1.43 bits per heavy atom. The van der Waals surface area contributed by atoms with Crippen molar-refractivity contribution in [2.24, 2.45) is 0 Å². The maximum Gasteiger partial charge on any atom is 0.234 e. The molecule has 21 heavy (non-hydrogen) atoms. The van der Waals surface area contributed by atoms with Gasteiger partial charge in [-0.2, -0.15) is 0 Å². The monoisotopic (exact) mass is 361 g/mol. The first-order valence-corrected chi connectivity index (χ1v) is 8.54. The van der Waals surface area contributed by atoms with Crippen LogP contribution in [0.5, 0.6) is 0 Å². The number of benzene rings is 1. The Bertz CT molecular complexity index is 688. The number of anilines is 2. The summed E-state index contributed by atoms with van der Waals surface area (Å²) in [6.07, 6.45) is 0. The van der Waals surface area contributed by atoms with Crippen LogP contribution in [0.15, 0.2) is 16.3 Å². The summed E-state index contributed by atoms with van der Waals surface area (Å²) in [4.78, 5) is 16.1. The van der Waals surface area contributed by atoms with E-state index in [2.05, 4.69) is 10.3 Å². The second-order valence-electron chi connectivity index (χ2n) is 4.32. The number of thiazole rings is 1. The fourth-order valence-corrected chi connectivity index (χ4v) is 3.90. The average Bonchev–Trinajstić information content (AvgIpc) is 2.75. The Balaban J connectivity index is 2.03. The van der Waals surface area contributed by atoms with Crippen LogP contribution >= 0.6 is 46.3 Å². The molecule has 2 aromatic rings. The molecule has 1 heterocycles. The normalized spacial score (nSPS) is 10.7. The molecule has 1 aromatic carbocycles. The maximum atomic E-state index is 12.0. The number of amides is 1. The van der Waals surface area contributed by atoms with Crippen molar-refractivity contribution in [1.29, 1.82) is 0 Å². The molecule has 3 N–H and O–H groups in total. The molecule has 2 rings (SSSR count). The van der Waals surface area contributed by atoms with Gasteiger partial charge in [-0.3, -0.25) is 4.79 Å². The number of thioether (sulfide) groups is 1. The predicted molar refractivity (Wildman–Crippen MR) is 91.8 cm³/mol. The van der Waals surface area contributed by atoms with Crippen molar-refractivity contribution in [3.05, 3.63) is 33.4 Å². The zero-order valence-corrected chi connectivity index (χ0v) is 14.5. The first-order chi connectivity index (χ1) is 9.88. The summed E-state index contributed by atoms with van der Waals surface area (Å²) < 4.78 is 0.934. The zero-order chi connectivity index (χ0) is 15.6. The number of nitrogens with two attached hydrogens (primary N) is 1. The van der Waals surface area contributed by atoms with Crippen LogP contribution in [-0.4, -0.2) is 16.6 Å². The van der Waals surface area contributed by atoms with Crippen molar-refractivity contribution in [2.45, 2.75) is 18.1 Å². The number of nitrogens with one attached hydrogen (secondary N) is 1. The molecule has 8 heteroatoms. The van der Waals surface area contributed by atoms with E-state index in [-0.39, 0.29) is 11.7 Å². The summed E-state index contributed by atoms with van der Waals surface area (Å²) in [5.41, 5.74) is 7.76. The Labute approximate surface area is 141 Å². The van der Waals surface area contributed by atoms with Crippen molar-refractivity contribution < 1.29 is 4.79 Å². The molecule has 4 nitrogen and oxygen atoms in total. The molecule has 0 unspecified atom stereocenters. The summed E-state index contributed by atoms with van der Waals surface area (Å²) in [5.74, 6) is 0.0593. The second kappa shape index (κ2) is 6.87. The Morgan fingerprint density at radius 3 is 2.76 bits per heavy atom. The van der Waals surface area contributed by atoms with Crippen molar-refractivity contribution >= 4 is 63.0 Å². The third kappa shape index (κ3) is 4.03. The number of nitrogens with zero attached hydrogens (tertiary/aromatic N) is 1. The SMILES string of the molecule is Cc1ccc(Cl)c(NC(=O)CSc2sc(N)nc2C)c1Cl. The van der Waals surface area contributed by atoms with Crippen LogP contribution in [0.2, 0.25) is 10.0 Å². The first kappa shape index (κ1) is 16.4. The molecule has 0 radical (unpaired) electrons. The molecule has 0 aliphatic carbocycles. The Kier molecular flexibility index (Phi) is 5.37. The van der Waals surface area contributed by atoms with Gasteiger partial charge >= 0.3 is 0 Å². The summed E-state index contributed by atoms with van der Waals surface area (Å²) in [7, 11) is 0. The third-order valence-corrected chi connectivity index (χ3v) is 5.80. The van der Waals surface area contributed by atoms with E-state index in [4.69, 9.17) is 28.9 Å². The van der Waals surface area contributed by atoms with Gasteiger partial charge in [-0.15, -0.1) is 11.8 Å². The maximum absolute atomic E-state index is 12.0. The quantitative estimate of drug-likeness (QED) is 0.792. The molecule has 0 aliphatic rings. The van der Waals surface area contributed by atoms with E-state index >= 15 is 0 Å². The van der Waals surface area contributed by atoms with Crippen molar-refractivity contribution in [2.75, 3.05) is 16.8 Å². The van der Waals surface area contributed by atoms with Crippen LogP contribution in [0.4, 0.5) is 10.8 Å². The molecular weight excluding hydrogens is 349 g/mol. The summed E-state index contributed by atoms with van der Waals surface area (Å²) >= 11 is 15.0. The molecular formula is C13H13Cl2N3OS2. The van der Waals surface area contributed by atoms with E-state index in [0.29, 0.717) is 20.9 Å². The lowest BCUT2D eigenvalue weighted by Crippen LogP contribution is -2.14. The summed E-state index contributed by atoms with van der Waals surface area (Å²) in [5, 5.41) is 4.12. The number of aryl methyl sites for hydroxylation is 2. The van der Waals surface area contributed by atoms with Crippen LogP contribution < -0.4 is 11.1 Å². The van der Waals surface area contributed by atoms with Gasteiger partial charge in [0.25, 0.3) is 0 Å². The highest BCUT2D eigenvalue weighted by molar-refractivity contribution is 8.01. The number of carbonyl (C=O) groups is 1. The highest BCUT2D eigenvalue weighted by Gasteiger charge is 2.13. The van der Waals surface area contributed by atoms with Crippen molar-refractivity contribution in [1.82, 2.24) is 4.98 Å². The van der Waals surface area contributed by atoms with Crippen molar-refractivity contribution in [3.63, 3.8) is 0 Å². The van der Waals surface area contributed by atoms with Crippen LogP contribution in [0.3, 0.4) is 0 Å². The smallest absolute Gasteiger partial charge is 0.234 e. The fraction of sp³-hybridized carbons (Fsp3) is 0.231. The minimum Gasteiger partial charge on any atom is -0.375 e. The van der Waals surface area contributed by atoms with Crippen LogP contribution in [0.25, 0.3) is 0 Å². The summed E-state index contributed by atoms with van der Waals surface area (Å²) in [6, 6.07) is 3.51. The zero-order valence-electron chi connectivity index (χ0n) is 11.4. The van der Waals surface area contributed by atoms with E-state index < -0.39 is 0 Å². The van der Waals surface area contributed by atoms with Gasteiger partial charge in [-0.05, 0) is 25.5 Å². The first-order valence-electron chi connectivity index (χ1n) is 5.98. The number of halogens is 2. The van der Waals surface area contributed by atoms with E-state index in [1.165, 1.54) is 23.1 Å². The second-order valence-corrected chi connectivity index (χ2v) is 7.37. The van der Waals surface area contributed by atoms with Gasteiger partial charge in [-0.25, -0.2) is 4.98 Å². The van der Waals surface area contributed by atoms with Gasteiger partial charge in [0.05, 0.1) is 31.4 Å². The third-order valence-electron chi connectivity index (χ3n) is 2.65. The van der Waals surface area contributed by atoms with Crippen LogP contribution in [0, 0.1) is 13.8 Å². The molecule has 0 bridgehead atoms. The number of rotatable bonds is 4. The van der Waals surface area contributed by atoms with Gasteiger partial charge < -0.3 is 11.1 Å². The molecule has 1 amide bonds. The lowest BCUT2D eigenvalue weighted by Gasteiger charge is -2.10. The van der Waals surface area contributed by atoms with E-state index in [1.807, 2.05) is 13.8 Å². The minimum absolute atomic E-state index is 0.180. The van der Waals surface area contributed by atoms with E-state index in [0.717, 1.165) is 15.5 Å². The number of hydrogen-bond donors (Lipinski definition) is 2. The highest BCUT2D eigenvalue weighted by atomic mass is 35.5. The standard InChI is InChI=1S/C13H13Cl2N3OS2/c1-6-3-4-8(14)11(10(6)15)18-9(19)5-20-12-7(2)17-13(16)21-12/h3-4H,5H2,1-2H3,(H2,16,17)(H,18,19). The number of carbonyl (C=O) groups excluding carboxylic acids is 1. The number of nitrogen functional groups attached to an aromatic ring is 1. The molecule has 1 aromatic heterocycles. The van der Waals surface area contributed by atoms with Crippen LogP contribution in [-0.2, 0) is 4.79 Å². The Morgan fingerprint density at radius 2 is 2.14 bits per heavy atom. The topological polar surface area (TPSA) is 68.0 Å². The lowest BCUT2D eigenvalue weighted by atomic mass is 10.2. The average molecular weight is 362 g/mol. The number of aromatic nitrogens is 1. The molecule has 0 atom stereocenters. The Hall–Kier alpha value is -0.950. The largest absolute Gasteiger partial charge is 0.375 e. The molecule has 0 saturated carbocycles. The van der Waals surface area contributed by atoms with Crippen molar-refractivity contribution in [3.8, 4) is 0 Å². The molecule has 0 spiro atoms. The highest BCUT2D eigenvalue weighted by Crippen LogP contribution is 2.34.